The largest absolute Gasteiger partial charge is 0.476 e. The molecule has 2 aromatic carbocycles. The van der Waals surface area contributed by atoms with Gasteiger partial charge in [-0.2, -0.15) is 4.98 Å². The van der Waals surface area contributed by atoms with Crippen LogP contribution in [0.2, 0.25) is 0 Å². The van der Waals surface area contributed by atoms with Crippen LogP contribution in [0.5, 0.6) is 5.75 Å². The number of carbonyl (C=O) groups excluding carboxylic acids is 1. The molecule has 0 aliphatic heterocycles. The number of carbonyl (C=O) groups is 1. The van der Waals surface area contributed by atoms with Crippen molar-refractivity contribution in [2.45, 2.75) is 77.5 Å². The van der Waals surface area contributed by atoms with Gasteiger partial charge in [0.05, 0.1) is 0 Å². The zero-order valence-electron chi connectivity index (χ0n) is 21.3. The molecule has 7 heteroatoms. The van der Waals surface area contributed by atoms with E-state index in [1.165, 1.54) is 11.1 Å². The number of esters is 1. The van der Waals surface area contributed by atoms with Gasteiger partial charge in [-0.05, 0) is 83.7 Å². The summed E-state index contributed by atoms with van der Waals surface area (Å²) in [4.78, 5) is 16.9. The van der Waals surface area contributed by atoms with E-state index in [2.05, 4.69) is 27.6 Å². The molecule has 1 saturated carbocycles. The molecule has 1 aromatic heterocycles. The Balaban J connectivity index is 1.20. The number of nitrogens with zero attached hydrogens (tertiary/aromatic N) is 2. The first kappa shape index (κ1) is 24.9. The maximum atomic E-state index is 12.4. The predicted molar refractivity (Wildman–Crippen MR) is 134 cm³/mol. The number of rotatable bonds is 10. The van der Waals surface area contributed by atoms with Gasteiger partial charge in [0.25, 0.3) is 0 Å². The van der Waals surface area contributed by atoms with Crippen molar-refractivity contribution in [1.29, 1.82) is 0 Å². The summed E-state index contributed by atoms with van der Waals surface area (Å²) in [6, 6.07) is 16.1. The van der Waals surface area contributed by atoms with E-state index in [0.29, 0.717) is 17.5 Å². The van der Waals surface area contributed by atoms with Gasteiger partial charge in [-0.25, -0.2) is 4.79 Å². The molecular weight excluding hydrogens is 442 g/mol. The molecule has 0 atom stereocenters. The van der Waals surface area contributed by atoms with Crippen molar-refractivity contribution in [2.75, 3.05) is 6.54 Å². The molecule has 0 saturated heterocycles. The number of ether oxygens (including phenoxy) is 2. The molecule has 1 aliphatic carbocycles. The Morgan fingerprint density at radius 1 is 1.00 bits per heavy atom. The van der Waals surface area contributed by atoms with Crippen LogP contribution in [0, 0.1) is 0 Å². The van der Waals surface area contributed by atoms with E-state index in [9.17, 15) is 4.79 Å². The standard InChI is InChI=1S/C28H35N3O4/c1-27(2,3)34-26(32)28(4,5)33-23-14-8-19(9-15-23)16-17-29-18-20-6-10-21(11-7-20)24-30-25(35-31-24)22-12-13-22/h6-11,14-15,22,29H,12-13,16-18H2,1-5H3. The fourth-order valence-electron chi connectivity index (χ4n) is 3.55. The SMILES string of the molecule is CC(C)(C)OC(=O)C(C)(C)Oc1ccc(CCNCc2ccc(-c3noc(C4CC4)n3)cc2)cc1. The van der Waals surface area contributed by atoms with Gasteiger partial charge in [-0.15, -0.1) is 0 Å². The molecule has 0 unspecified atom stereocenters. The van der Waals surface area contributed by atoms with Crippen LogP contribution in [-0.4, -0.2) is 33.9 Å². The molecule has 1 fully saturated rings. The Morgan fingerprint density at radius 3 is 2.29 bits per heavy atom. The Bertz CT molecular complexity index is 1120. The van der Waals surface area contributed by atoms with Crippen molar-refractivity contribution in [3.05, 3.63) is 65.5 Å². The zero-order chi connectivity index (χ0) is 25.1. The first-order valence-electron chi connectivity index (χ1n) is 12.2. The average Bonchev–Trinajstić information content (AvgIpc) is 3.53. The molecule has 0 spiro atoms. The van der Waals surface area contributed by atoms with Crippen LogP contribution in [0.25, 0.3) is 11.4 Å². The Labute approximate surface area is 207 Å². The van der Waals surface area contributed by atoms with Gasteiger partial charge in [0.15, 0.2) is 5.60 Å². The van der Waals surface area contributed by atoms with E-state index in [4.69, 9.17) is 14.0 Å². The van der Waals surface area contributed by atoms with Crippen LogP contribution < -0.4 is 10.1 Å². The van der Waals surface area contributed by atoms with Crippen LogP contribution >= 0.6 is 0 Å². The normalized spacial score (nSPS) is 14.1. The highest BCUT2D eigenvalue weighted by Gasteiger charge is 2.34. The van der Waals surface area contributed by atoms with E-state index in [1.807, 2.05) is 57.2 Å². The number of nitrogens with one attached hydrogen (secondary N) is 1. The van der Waals surface area contributed by atoms with E-state index < -0.39 is 11.2 Å². The lowest BCUT2D eigenvalue weighted by Crippen LogP contribution is -2.43. The average molecular weight is 478 g/mol. The van der Waals surface area contributed by atoms with E-state index in [0.717, 1.165) is 43.8 Å². The van der Waals surface area contributed by atoms with Crippen LogP contribution in [0.15, 0.2) is 53.1 Å². The molecule has 7 nitrogen and oxygen atoms in total. The number of hydrogen-bond acceptors (Lipinski definition) is 7. The molecule has 1 heterocycles. The van der Waals surface area contributed by atoms with Crippen molar-refractivity contribution in [2.24, 2.45) is 0 Å². The van der Waals surface area contributed by atoms with Gasteiger partial charge < -0.3 is 19.3 Å². The summed E-state index contributed by atoms with van der Waals surface area (Å²) in [6.07, 6.45) is 3.19. The van der Waals surface area contributed by atoms with Gasteiger partial charge in [0.2, 0.25) is 11.7 Å². The number of benzene rings is 2. The minimum absolute atomic E-state index is 0.383. The third kappa shape index (κ3) is 7.15. The fraction of sp³-hybridized carbons (Fsp3) is 0.464. The van der Waals surface area contributed by atoms with Crippen LogP contribution in [-0.2, 0) is 22.5 Å². The molecule has 1 aliphatic rings. The summed E-state index contributed by atoms with van der Waals surface area (Å²) >= 11 is 0. The van der Waals surface area contributed by atoms with Crippen molar-refractivity contribution in [1.82, 2.24) is 15.5 Å². The summed E-state index contributed by atoms with van der Waals surface area (Å²) in [5.41, 5.74) is 1.76. The maximum Gasteiger partial charge on any atom is 0.350 e. The second-order valence-electron chi connectivity index (χ2n) is 10.6. The van der Waals surface area contributed by atoms with Gasteiger partial charge in [-0.3, -0.25) is 0 Å². The highest BCUT2D eigenvalue weighted by Crippen LogP contribution is 2.39. The van der Waals surface area contributed by atoms with E-state index >= 15 is 0 Å². The molecule has 0 bridgehead atoms. The lowest BCUT2D eigenvalue weighted by Gasteiger charge is -2.29. The van der Waals surface area contributed by atoms with Crippen molar-refractivity contribution >= 4 is 5.97 Å². The van der Waals surface area contributed by atoms with E-state index in [1.54, 1.807) is 13.8 Å². The van der Waals surface area contributed by atoms with Crippen molar-refractivity contribution in [3.8, 4) is 17.1 Å². The summed E-state index contributed by atoms with van der Waals surface area (Å²) in [7, 11) is 0. The van der Waals surface area contributed by atoms with Crippen molar-refractivity contribution in [3.63, 3.8) is 0 Å². The monoisotopic (exact) mass is 477 g/mol. The second kappa shape index (κ2) is 10.2. The lowest BCUT2D eigenvalue weighted by atomic mass is 10.1. The molecule has 4 rings (SSSR count). The molecule has 35 heavy (non-hydrogen) atoms. The molecule has 186 valence electrons. The molecule has 0 amide bonds. The topological polar surface area (TPSA) is 86.5 Å². The highest BCUT2D eigenvalue weighted by molar-refractivity contribution is 5.79. The van der Waals surface area contributed by atoms with Gasteiger partial charge in [-0.1, -0.05) is 41.6 Å². The first-order chi connectivity index (χ1) is 16.6. The zero-order valence-corrected chi connectivity index (χ0v) is 21.3. The summed E-state index contributed by atoms with van der Waals surface area (Å²) in [5.74, 6) is 2.15. The van der Waals surface area contributed by atoms with Crippen molar-refractivity contribution < 1.29 is 18.8 Å². The lowest BCUT2D eigenvalue weighted by molar-refractivity contribution is -0.170. The minimum atomic E-state index is -1.06. The molecule has 3 aromatic rings. The number of aromatic nitrogens is 2. The Kier molecular flexibility index (Phi) is 7.26. The Hall–Kier alpha value is -3.19. The van der Waals surface area contributed by atoms with Crippen LogP contribution in [0.3, 0.4) is 0 Å². The van der Waals surface area contributed by atoms with Crippen LogP contribution in [0.1, 0.15) is 70.4 Å². The molecular formula is C28H35N3O4. The predicted octanol–water partition coefficient (Wildman–Crippen LogP) is 5.45. The quantitative estimate of drug-likeness (QED) is 0.307. The summed E-state index contributed by atoms with van der Waals surface area (Å²) in [5, 5.41) is 7.58. The van der Waals surface area contributed by atoms with Crippen LogP contribution in [0.4, 0.5) is 0 Å². The molecule has 1 N–H and O–H groups in total. The minimum Gasteiger partial charge on any atom is -0.476 e. The Morgan fingerprint density at radius 2 is 1.66 bits per heavy atom. The van der Waals surface area contributed by atoms with Gasteiger partial charge >= 0.3 is 5.97 Å². The van der Waals surface area contributed by atoms with E-state index in [-0.39, 0.29) is 5.97 Å². The first-order valence-corrected chi connectivity index (χ1v) is 12.2. The molecule has 0 radical (unpaired) electrons. The van der Waals surface area contributed by atoms with Gasteiger partial charge in [0, 0.05) is 18.0 Å². The number of hydrogen-bond donors (Lipinski definition) is 1. The fourth-order valence-corrected chi connectivity index (χ4v) is 3.55. The maximum absolute atomic E-state index is 12.4. The third-order valence-electron chi connectivity index (χ3n) is 5.69. The highest BCUT2D eigenvalue weighted by atomic mass is 16.6. The second-order valence-corrected chi connectivity index (χ2v) is 10.6. The smallest absolute Gasteiger partial charge is 0.350 e. The summed E-state index contributed by atoms with van der Waals surface area (Å²) < 4.78 is 16.7. The third-order valence-corrected chi connectivity index (χ3v) is 5.69. The van der Waals surface area contributed by atoms with Gasteiger partial charge in [0.1, 0.15) is 11.4 Å². The summed E-state index contributed by atoms with van der Waals surface area (Å²) in [6.45, 7) is 10.6.